The Morgan fingerprint density at radius 2 is 2.04 bits per heavy atom. The number of aromatic nitrogens is 3. The Balaban J connectivity index is 2.24. The topological polar surface area (TPSA) is 69.2 Å². The van der Waals surface area contributed by atoms with Gasteiger partial charge < -0.3 is 4.57 Å². The van der Waals surface area contributed by atoms with Gasteiger partial charge in [-0.05, 0) is 12.5 Å². The van der Waals surface area contributed by atoms with E-state index in [2.05, 4.69) is 10.1 Å². The number of carbonyl (C=O) groups is 1. The highest BCUT2D eigenvalue weighted by molar-refractivity contribution is 7.07. The fraction of sp³-hybridized carbons (Fsp3) is 0.250. The van der Waals surface area contributed by atoms with Crippen molar-refractivity contribution in [3.8, 4) is 0 Å². The normalized spacial score (nSPS) is 12.0. The predicted molar refractivity (Wildman–Crippen MR) is 89.5 cm³/mol. The van der Waals surface area contributed by atoms with Crippen LogP contribution in [0.4, 0.5) is 0 Å². The lowest BCUT2D eigenvalue weighted by atomic mass is 10.1. The lowest BCUT2D eigenvalue weighted by molar-refractivity contribution is 0.0992. The summed E-state index contributed by atoms with van der Waals surface area (Å²) in [6.07, 6.45) is 2.59. The summed E-state index contributed by atoms with van der Waals surface area (Å²) in [7, 11) is 1.83. The van der Waals surface area contributed by atoms with Crippen molar-refractivity contribution in [3.63, 3.8) is 0 Å². The summed E-state index contributed by atoms with van der Waals surface area (Å²) in [5.74, 6) is -0.441. The summed E-state index contributed by atoms with van der Waals surface area (Å²) in [5, 5.41) is 7.14. The molecule has 7 heteroatoms. The van der Waals surface area contributed by atoms with Crippen molar-refractivity contribution >= 4 is 28.0 Å². The first-order chi connectivity index (χ1) is 11.1. The van der Waals surface area contributed by atoms with E-state index in [0.717, 1.165) is 6.42 Å². The third kappa shape index (κ3) is 2.87. The second-order valence-corrected chi connectivity index (χ2v) is 6.01. The highest BCUT2D eigenvalue weighted by Crippen LogP contribution is 2.14. The summed E-state index contributed by atoms with van der Waals surface area (Å²) in [6.45, 7) is 2.43. The van der Waals surface area contributed by atoms with Crippen molar-refractivity contribution < 1.29 is 4.79 Å². The molecule has 0 saturated carbocycles. The Hall–Kier alpha value is -2.54. The van der Waals surface area contributed by atoms with Gasteiger partial charge >= 0.3 is 5.91 Å². The largest absolute Gasteiger partial charge is 0.327 e. The van der Waals surface area contributed by atoms with Gasteiger partial charge in [-0.25, -0.2) is 4.68 Å². The van der Waals surface area contributed by atoms with E-state index in [1.807, 2.05) is 25.5 Å². The summed E-state index contributed by atoms with van der Waals surface area (Å²) < 4.78 is 3.12. The predicted octanol–water partition coefficient (Wildman–Crippen LogP) is 1.95. The third-order valence-corrected chi connectivity index (χ3v) is 4.31. The van der Waals surface area contributed by atoms with E-state index < -0.39 is 5.91 Å². The molecule has 0 saturated heterocycles. The van der Waals surface area contributed by atoms with Gasteiger partial charge in [-0.2, -0.15) is 10.1 Å². The molecule has 0 fully saturated rings. The Kier molecular flexibility index (Phi) is 4.20. The van der Waals surface area contributed by atoms with E-state index in [-0.39, 0.29) is 11.3 Å². The molecule has 3 rings (SSSR count). The van der Waals surface area contributed by atoms with Gasteiger partial charge in [0.1, 0.15) is 0 Å². The zero-order valence-corrected chi connectivity index (χ0v) is 13.7. The van der Waals surface area contributed by atoms with Crippen LogP contribution in [0.5, 0.6) is 0 Å². The smallest absolute Gasteiger partial charge is 0.300 e. The minimum Gasteiger partial charge on any atom is -0.327 e. The van der Waals surface area contributed by atoms with Gasteiger partial charge in [0.2, 0.25) is 0 Å². The number of amides is 1. The van der Waals surface area contributed by atoms with Crippen LogP contribution in [0.2, 0.25) is 0 Å². The first-order valence-electron chi connectivity index (χ1n) is 7.31. The Labute approximate surface area is 136 Å². The second kappa shape index (κ2) is 6.29. The number of hydrogen-bond donors (Lipinski definition) is 0. The van der Waals surface area contributed by atoms with Crippen LogP contribution in [0, 0.1) is 0 Å². The number of nitrogens with zero attached hydrogens (tertiary/aromatic N) is 4. The van der Waals surface area contributed by atoms with E-state index >= 15 is 0 Å². The third-order valence-electron chi connectivity index (χ3n) is 3.46. The lowest BCUT2D eigenvalue weighted by Crippen LogP contribution is -2.26. The number of aryl methyl sites for hydroxylation is 2. The number of carbonyl (C=O) groups excluding carboxylic acids is 1. The van der Waals surface area contributed by atoms with E-state index in [1.165, 1.54) is 16.0 Å². The molecule has 0 aliphatic rings. The number of rotatable bonds is 3. The minimum atomic E-state index is -0.441. The summed E-state index contributed by atoms with van der Waals surface area (Å²) in [5.41, 5.74) is 0.0303. The van der Waals surface area contributed by atoms with Crippen molar-refractivity contribution in [1.82, 2.24) is 14.3 Å². The summed E-state index contributed by atoms with van der Waals surface area (Å²) >= 11 is 1.37. The second-order valence-electron chi connectivity index (χ2n) is 5.14. The van der Waals surface area contributed by atoms with Gasteiger partial charge in [0.05, 0.1) is 5.39 Å². The first kappa shape index (κ1) is 15.4. The zero-order valence-electron chi connectivity index (χ0n) is 12.9. The van der Waals surface area contributed by atoms with Crippen LogP contribution < -0.4 is 10.4 Å². The van der Waals surface area contributed by atoms with Crippen LogP contribution in [-0.4, -0.2) is 20.3 Å². The molecular formula is C16H16N4O2S. The molecule has 0 unspecified atom stereocenters. The number of fused-ring (bicyclic) bond motifs is 1. The SMILES string of the molecule is CCCn1nc(C(=O)N=c2sccn2C)c2ccccc2c1=O. The fourth-order valence-electron chi connectivity index (χ4n) is 2.33. The van der Waals surface area contributed by atoms with Crippen LogP contribution in [-0.2, 0) is 13.6 Å². The van der Waals surface area contributed by atoms with Crippen LogP contribution in [0.3, 0.4) is 0 Å². The summed E-state index contributed by atoms with van der Waals surface area (Å²) in [4.78, 5) is 29.7. The highest BCUT2D eigenvalue weighted by atomic mass is 32.1. The molecule has 0 atom stereocenters. The average molecular weight is 328 g/mol. The van der Waals surface area contributed by atoms with E-state index in [1.54, 1.807) is 28.8 Å². The maximum atomic E-state index is 12.6. The first-order valence-corrected chi connectivity index (χ1v) is 8.19. The summed E-state index contributed by atoms with van der Waals surface area (Å²) in [6, 6.07) is 7.02. The Bertz CT molecular complexity index is 997. The van der Waals surface area contributed by atoms with Gasteiger partial charge in [-0.1, -0.05) is 25.1 Å². The lowest BCUT2D eigenvalue weighted by Gasteiger charge is -2.07. The fourth-order valence-corrected chi connectivity index (χ4v) is 3.06. The van der Waals surface area contributed by atoms with Crippen molar-refractivity contribution in [2.45, 2.75) is 19.9 Å². The molecule has 2 heterocycles. The molecule has 118 valence electrons. The molecule has 0 N–H and O–H groups in total. The van der Waals surface area contributed by atoms with Gasteiger partial charge in [0, 0.05) is 30.6 Å². The van der Waals surface area contributed by atoms with Gasteiger partial charge in [-0.3, -0.25) is 9.59 Å². The zero-order chi connectivity index (χ0) is 16.4. The van der Waals surface area contributed by atoms with Crippen molar-refractivity contribution in [1.29, 1.82) is 0 Å². The average Bonchev–Trinajstić information content (AvgIpc) is 2.95. The van der Waals surface area contributed by atoms with Crippen molar-refractivity contribution in [2.24, 2.45) is 12.0 Å². The molecule has 0 bridgehead atoms. The maximum absolute atomic E-state index is 12.6. The van der Waals surface area contributed by atoms with Crippen molar-refractivity contribution in [2.75, 3.05) is 0 Å². The van der Waals surface area contributed by atoms with Gasteiger partial charge in [-0.15, -0.1) is 11.3 Å². The molecule has 6 nitrogen and oxygen atoms in total. The van der Waals surface area contributed by atoms with Crippen LogP contribution in [0.1, 0.15) is 23.8 Å². The molecule has 3 aromatic rings. The molecule has 1 amide bonds. The van der Waals surface area contributed by atoms with Crippen LogP contribution >= 0.6 is 11.3 Å². The standard InChI is InChI=1S/C16H16N4O2S/c1-3-8-20-15(22)12-7-5-4-6-11(12)13(18-20)14(21)17-16-19(2)9-10-23-16/h4-7,9-10H,3,8H2,1-2H3. The quantitative estimate of drug-likeness (QED) is 0.738. The molecule has 2 aromatic heterocycles. The van der Waals surface area contributed by atoms with E-state index in [0.29, 0.717) is 22.1 Å². The molecule has 0 spiro atoms. The Morgan fingerprint density at radius 1 is 1.30 bits per heavy atom. The van der Waals surface area contributed by atoms with E-state index in [4.69, 9.17) is 0 Å². The van der Waals surface area contributed by atoms with Crippen LogP contribution in [0.25, 0.3) is 10.8 Å². The molecule has 0 aliphatic carbocycles. The van der Waals surface area contributed by atoms with E-state index in [9.17, 15) is 9.59 Å². The van der Waals surface area contributed by atoms with Gasteiger partial charge in [0.25, 0.3) is 5.56 Å². The monoisotopic (exact) mass is 328 g/mol. The maximum Gasteiger partial charge on any atom is 0.300 e. The number of thiazole rings is 1. The molecule has 1 aromatic carbocycles. The highest BCUT2D eigenvalue weighted by Gasteiger charge is 2.16. The van der Waals surface area contributed by atoms with Crippen molar-refractivity contribution in [3.05, 3.63) is 56.7 Å². The molecule has 0 aliphatic heterocycles. The number of hydrogen-bond acceptors (Lipinski definition) is 4. The Morgan fingerprint density at radius 3 is 2.70 bits per heavy atom. The number of benzene rings is 1. The molecule has 23 heavy (non-hydrogen) atoms. The minimum absolute atomic E-state index is 0.180. The van der Waals surface area contributed by atoms with Crippen LogP contribution in [0.15, 0.2) is 45.6 Å². The van der Waals surface area contributed by atoms with Gasteiger partial charge in [0.15, 0.2) is 10.5 Å². The molecule has 0 radical (unpaired) electrons. The molecular weight excluding hydrogens is 312 g/mol.